The number of aliphatic imine (C=N–C) groups is 1. The summed E-state index contributed by atoms with van der Waals surface area (Å²) in [4.78, 5) is 4.19. The highest BCUT2D eigenvalue weighted by molar-refractivity contribution is 5.79. The lowest BCUT2D eigenvalue weighted by Gasteiger charge is -2.38. The minimum Gasteiger partial charge on any atom is -0.380 e. The molecule has 20 heavy (non-hydrogen) atoms. The highest BCUT2D eigenvalue weighted by Gasteiger charge is 2.33. The van der Waals surface area contributed by atoms with Crippen molar-refractivity contribution in [3.05, 3.63) is 35.6 Å². The van der Waals surface area contributed by atoms with Crippen LogP contribution in [-0.2, 0) is 11.2 Å². The molecule has 0 spiro atoms. The van der Waals surface area contributed by atoms with Gasteiger partial charge in [0.2, 0.25) is 0 Å². The van der Waals surface area contributed by atoms with Gasteiger partial charge in [-0.2, -0.15) is 0 Å². The molecule has 1 aromatic rings. The molecule has 110 valence electrons. The first-order chi connectivity index (χ1) is 9.61. The molecule has 1 aliphatic heterocycles. The Labute approximate surface area is 119 Å². The van der Waals surface area contributed by atoms with E-state index in [-0.39, 0.29) is 11.2 Å². The van der Waals surface area contributed by atoms with Crippen LogP contribution in [0.5, 0.6) is 0 Å². The lowest BCUT2D eigenvalue weighted by molar-refractivity contribution is -0.0971. The highest BCUT2D eigenvalue weighted by atomic mass is 19.1. The van der Waals surface area contributed by atoms with Gasteiger partial charge in [-0.05, 0) is 24.1 Å². The van der Waals surface area contributed by atoms with Crippen LogP contribution < -0.4 is 10.6 Å². The predicted octanol–water partition coefficient (Wildman–Crippen LogP) is 1.57. The number of hydrogen-bond acceptors (Lipinski definition) is 2. The lowest BCUT2D eigenvalue weighted by Crippen LogP contribution is -2.51. The zero-order chi connectivity index (χ0) is 14.4. The fourth-order valence-corrected chi connectivity index (χ4v) is 2.05. The summed E-state index contributed by atoms with van der Waals surface area (Å²) in [6.07, 6.45) is 0.835. The number of nitrogens with zero attached hydrogens (tertiary/aromatic N) is 1. The zero-order valence-corrected chi connectivity index (χ0v) is 12.1. The van der Waals surface area contributed by atoms with Crippen molar-refractivity contribution in [2.75, 3.05) is 33.4 Å². The van der Waals surface area contributed by atoms with Gasteiger partial charge >= 0.3 is 0 Å². The maximum atomic E-state index is 12.8. The Hall–Kier alpha value is -1.62. The molecule has 2 N–H and O–H groups in total. The number of nitrogens with one attached hydrogen (secondary N) is 2. The van der Waals surface area contributed by atoms with Gasteiger partial charge in [-0.25, -0.2) is 4.39 Å². The topological polar surface area (TPSA) is 45.7 Å². The van der Waals surface area contributed by atoms with Gasteiger partial charge in [-0.3, -0.25) is 4.99 Å². The van der Waals surface area contributed by atoms with Crippen LogP contribution in [0.2, 0.25) is 0 Å². The van der Waals surface area contributed by atoms with Gasteiger partial charge in [0.25, 0.3) is 0 Å². The highest BCUT2D eigenvalue weighted by Crippen LogP contribution is 2.24. The van der Waals surface area contributed by atoms with Crippen LogP contribution in [0.25, 0.3) is 0 Å². The molecule has 0 radical (unpaired) electrons. The van der Waals surface area contributed by atoms with E-state index in [1.807, 2.05) is 0 Å². The third-order valence-electron chi connectivity index (χ3n) is 3.43. The molecule has 5 heteroatoms. The van der Waals surface area contributed by atoms with E-state index in [1.54, 1.807) is 19.2 Å². The van der Waals surface area contributed by atoms with Crippen molar-refractivity contribution in [1.82, 2.24) is 10.6 Å². The first-order valence-electron chi connectivity index (χ1n) is 6.88. The van der Waals surface area contributed by atoms with E-state index in [4.69, 9.17) is 4.74 Å². The van der Waals surface area contributed by atoms with E-state index in [9.17, 15) is 4.39 Å². The summed E-state index contributed by atoms with van der Waals surface area (Å²) in [6.45, 7) is 5.40. The SMILES string of the molecule is CN=C(NCCc1ccc(F)cc1)NCC1(C)COC1. The predicted molar refractivity (Wildman–Crippen MR) is 78.4 cm³/mol. The Morgan fingerprint density at radius 2 is 2.00 bits per heavy atom. The van der Waals surface area contributed by atoms with Gasteiger partial charge in [0.15, 0.2) is 5.96 Å². The molecule has 0 aliphatic carbocycles. The van der Waals surface area contributed by atoms with E-state index in [1.165, 1.54) is 12.1 Å². The fraction of sp³-hybridized carbons (Fsp3) is 0.533. The lowest BCUT2D eigenvalue weighted by atomic mass is 9.89. The van der Waals surface area contributed by atoms with Crippen LogP contribution in [-0.4, -0.2) is 39.3 Å². The summed E-state index contributed by atoms with van der Waals surface area (Å²) in [5, 5.41) is 6.56. The van der Waals surface area contributed by atoms with Crippen LogP contribution in [0.3, 0.4) is 0 Å². The average Bonchev–Trinajstić information content (AvgIpc) is 2.42. The summed E-state index contributed by atoms with van der Waals surface area (Å²) in [7, 11) is 1.76. The van der Waals surface area contributed by atoms with Gasteiger partial charge in [-0.15, -0.1) is 0 Å². The standard InChI is InChI=1S/C15H22FN3O/c1-15(10-20-11-15)9-19-14(17-2)18-8-7-12-3-5-13(16)6-4-12/h3-6H,7-11H2,1-2H3,(H2,17,18,19). The van der Waals surface area contributed by atoms with Crippen molar-refractivity contribution in [3.8, 4) is 0 Å². The molecule has 1 fully saturated rings. The van der Waals surface area contributed by atoms with Gasteiger partial charge in [-0.1, -0.05) is 19.1 Å². The van der Waals surface area contributed by atoms with Crippen molar-refractivity contribution >= 4 is 5.96 Å². The van der Waals surface area contributed by atoms with E-state index >= 15 is 0 Å². The summed E-state index contributed by atoms with van der Waals surface area (Å²) in [6, 6.07) is 6.58. The molecule has 4 nitrogen and oxygen atoms in total. The van der Waals surface area contributed by atoms with Crippen molar-refractivity contribution in [2.45, 2.75) is 13.3 Å². The monoisotopic (exact) mass is 279 g/mol. The number of guanidine groups is 1. The number of benzene rings is 1. The first kappa shape index (κ1) is 14.8. The van der Waals surface area contributed by atoms with Crippen molar-refractivity contribution in [3.63, 3.8) is 0 Å². The van der Waals surface area contributed by atoms with E-state index in [2.05, 4.69) is 22.5 Å². The smallest absolute Gasteiger partial charge is 0.191 e. The summed E-state index contributed by atoms with van der Waals surface area (Å²) in [5.74, 6) is 0.593. The van der Waals surface area contributed by atoms with Crippen molar-refractivity contribution in [1.29, 1.82) is 0 Å². The molecule has 1 saturated heterocycles. The van der Waals surface area contributed by atoms with Gasteiger partial charge < -0.3 is 15.4 Å². The molecule has 2 rings (SSSR count). The molecule has 0 aromatic heterocycles. The number of halogens is 1. The second kappa shape index (κ2) is 6.70. The van der Waals surface area contributed by atoms with Gasteiger partial charge in [0.05, 0.1) is 13.2 Å². The van der Waals surface area contributed by atoms with Crippen LogP contribution >= 0.6 is 0 Å². The minimum absolute atomic E-state index is 0.199. The molecule has 0 saturated carbocycles. The fourth-order valence-electron chi connectivity index (χ4n) is 2.05. The van der Waals surface area contributed by atoms with Gasteiger partial charge in [0.1, 0.15) is 5.82 Å². The van der Waals surface area contributed by atoms with Crippen molar-refractivity contribution in [2.24, 2.45) is 10.4 Å². The molecule has 1 aromatic carbocycles. The Balaban J connectivity index is 1.69. The maximum Gasteiger partial charge on any atom is 0.191 e. The van der Waals surface area contributed by atoms with Crippen LogP contribution in [0.1, 0.15) is 12.5 Å². The average molecular weight is 279 g/mol. The summed E-state index contributed by atoms with van der Waals surface area (Å²) >= 11 is 0. The number of rotatable bonds is 5. The second-order valence-corrected chi connectivity index (χ2v) is 5.53. The van der Waals surface area contributed by atoms with Crippen LogP contribution in [0.4, 0.5) is 4.39 Å². The van der Waals surface area contributed by atoms with Crippen LogP contribution in [0.15, 0.2) is 29.3 Å². The van der Waals surface area contributed by atoms with Crippen molar-refractivity contribution < 1.29 is 9.13 Å². The molecule has 0 unspecified atom stereocenters. The van der Waals surface area contributed by atoms with Gasteiger partial charge in [0, 0.05) is 25.6 Å². The minimum atomic E-state index is -0.199. The third kappa shape index (κ3) is 4.20. The molecular weight excluding hydrogens is 257 g/mol. The van der Waals surface area contributed by atoms with E-state index in [0.29, 0.717) is 0 Å². The van der Waals surface area contributed by atoms with Crippen LogP contribution in [0, 0.1) is 11.2 Å². The van der Waals surface area contributed by atoms with E-state index in [0.717, 1.165) is 44.2 Å². The Kier molecular flexibility index (Phi) is 4.95. The quantitative estimate of drug-likeness (QED) is 0.635. The Bertz CT molecular complexity index is 455. The summed E-state index contributed by atoms with van der Waals surface area (Å²) in [5.41, 5.74) is 1.32. The molecule has 1 heterocycles. The maximum absolute atomic E-state index is 12.8. The summed E-state index contributed by atoms with van der Waals surface area (Å²) < 4.78 is 18.0. The molecule has 1 aliphatic rings. The zero-order valence-electron chi connectivity index (χ0n) is 12.1. The second-order valence-electron chi connectivity index (χ2n) is 5.53. The molecule has 0 amide bonds. The van der Waals surface area contributed by atoms with E-state index < -0.39 is 0 Å². The number of ether oxygens (including phenoxy) is 1. The normalized spacial score (nSPS) is 17.4. The molecular formula is C15H22FN3O. The first-order valence-corrected chi connectivity index (χ1v) is 6.88. The Morgan fingerprint density at radius 3 is 2.55 bits per heavy atom. The molecule has 0 atom stereocenters. The third-order valence-corrected chi connectivity index (χ3v) is 3.43. The number of hydrogen-bond donors (Lipinski definition) is 2. The Morgan fingerprint density at radius 1 is 1.30 bits per heavy atom. The largest absolute Gasteiger partial charge is 0.380 e. The molecule has 0 bridgehead atoms.